The molecule has 3 aromatic rings. The van der Waals surface area contributed by atoms with Crippen LogP contribution < -0.4 is 15.1 Å². The third-order valence-electron chi connectivity index (χ3n) is 6.78. The first-order chi connectivity index (χ1) is 17.2. The zero-order chi connectivity index (χ0) is 26.0. The third kappa shape index (κ3) is 4.81. The van der Waals surface area contributed by atoms with Gasteiger partial charge >= 0.3 is 0 Å². The van der Waals surface area contributed by atoms with E-state index in [0.717, 1.165) is 52.6 Å². The van der Waals surface area contributed by atoms with Gasteiger partial charge in [-0.05, 0) is 83.0 Å². The molecule has 188 valence electrons. The Balaban J connectivity index is 1.58. The maximum Gasteiger partial charge on any atom is 0.271 e. The van der Waals surface area contributed by atoms with Gasteiger partial charge in [0.05, 0.1) is 18.9 Å². The van der Waals surface area contributed by atoms with E-state index < -0.39 is 0 Å². The number of carbonyl (C=O) groups is 1. The van der Waals surface area contributed by atoms with E-state index in [9.17, 15) is 4.79 Å². The van der Waals surface area contributed by atoms with Crippen LogP contribution in [0.3, 0.4) is 0 Å². The first kappa shape index (κ1) is 25.3. The minimum atomic E-state index is -0.264. The number of nitrogens with zero attached hydrogens (tertiary/aromatic N) is 3. The van der Waals surface area contributed by atoms with E-state index in [0.29, 0.717) is 5.56 Å². The van der Waals surface area contributed by atoms with Crippen LogP contribution in [0, 0.1) is 13.8 Å². The summed E-state index contributed by atoms with van der Waals surface area (Å²) in [5.41, 5.74) is 10.7. The minimum absolute atomic E-state index is 0.0754. The molecular formula is C30H36N4O2. The van der Waals surface area contributed by atoms with Gasteiger partial charge in [-0.3, -0.25) is 4.79 Å². The van der Waals surface area contributed by atoms with Gasteiger partial charge in [-0.25, -0.2) is 5.43 Å². The zero-order valence-corrected chi connectivity index (χ0v) is 22.3. The van der Waals surface area contributed by atoms with E-state index >= 15 is 0 Å². The van der Waals surface area contributed by atoms with Crippen LogP contribution in [0.1, 0.15) is 67.0 Å². The van der Waals surface area contributed by atoms with Crippen molar-refractivity contribution in [2.45, 2.75) is 53.5 Å². The largest absolute Gasteiger partial charge is 0.496 e. The van der Waals surface area contributed by atoms with Gasteiger partial charge < -0.3 is 14.2 Å². The molecular weight excluding hydrogens is 448 g/mol. The molecule has 0 radical (unpaired) electrons. The number of fused-ring (bicyclic) bond motifs is 1. The lowest BCUT2D eigenvalue weighted by Crippen LogP contribution is -2.45. The number of hydrogen-bond acceptors (Lipinski definition) is 4. The van der Waals surface area contributed by atoms with Gasteiger partial charge in [0, 0.05) is 52.1 Å². The summed E-state index contributed by atoms with van der Waals surface area (Å²) in [6, 6.07) is 15.9. The monoisotopic (exact) mass is 484 g/mol. The van der Waals surface area contributed by atoms with Crippen LogP contribution >= 0.6 is 0 Å². The summed E-state index contributed by atoms with van der Waals surface area (Å²) in [5, 5.41) is 4.27. The van der Waals surface area contributed by atoms with Crippen molar-refractivity contribution < 1.29 is 9.53 Å². The average molecular weight is 485 g/mol. The SMILES string of the molecule is CCCN1c2cc(OC)c(/C=N\NC(=O)c3cccc(-n4c(C)ccc4C)c3)cc2C(C)=CC1(C)C. The van der Waals surface area contributed by atoms with Gasteiger partial charge in [-0.2, -0.15) is 5.10 Å². The molecule has 1 N–H and O–H groups in total. The topological polar surface area (TPSA) is 58.9 Å². The molecule has 6 heteroatoms. The van der Waals surface area contributed by atoms with E-state index in [2.05, 4.69) is 91.9 Å². The lowest BCUT2D eigenvalue weighted by atomic mass is 9.87. The summed E-state index contributed by atoms with van der Waals surface area (Å²) in [4.78, 5) is 15.3. The Morgan fingerprint density at radius 1 is 1.08 bits per heavy atom. The standard InChI is InChI=1S/C30H36N4O2/c1-8-14-33-27-17-28(36-7)24(16-26(27)20(2)18-30(33,5)6)19-31-32-29(35)23-10-9-11-25(15-23)34-21(3)12-13-22(34)4/h9-13,15-19H,8,14H2,1-7H3,(H,32,35)/b31-19-. The van der Waals surface area contributed by atoms with Crippen molar-refractivity contribution in [3.8, 4) is 11.4 Å². The van der Waals surface area contributed by atoms with Crippen LogP contribution in [0.15, 0.2) is 59.7 Å². The van der Waals surface area contributed by atoms with Crippen LogP contribution in [0.4, 0.5) is 5.69 Å². The second-order valence-electron chi connectivity index (χ2n) is 9.94. The van der Waals surface area contributed by atoms with E-state index in [-0.39, 0.29) is 11.4 Å². The molecule has 4 rings (SSSR count). The number of amides is 1. The van der Waals surface area contributed by atoms with Gasteiger partial charge in [0.1, 0.15) is 5.75 Å². The van der Waals surface area contributed by atoms with Crippen molar-refractivity contribution in [2.75, 3.05) is 18.6 Å². The van der Waals surface area contributed by atoms with Crippen molar-refractivity contribution >= 4 is 23.4 Å². The van der Waals surface area contributed by atoms with Crippen LogP contribution in [-0.4, -0.2) is 35.9 Å². The van der Waals surface area contributed by atoms with Gasteiger partial charge in [0.25, 0.3) is 5.91 Å². The Hall–Kier alpha value is -3.80. The molecule has 0 saturated heterocycles. The first-order valence-corrected chi connectivity index (χ1v) is 12.4. The molecule has 1 aliphatic rings. The van der Waals surface area contributed by atoms with Crippen LogP contribution in [0.25, 0.3) is 11.3 Å². The normalized spacial score (nSPS) is 14.5. The Morgan fingerprint density at radius 3 is 2.47 bits per heavy atom. The quantitative estimate of drug-likeness (QED) is 0.317. The number of benzene rings is 2. The van der Waals surface area contributed by atoms with Crippen molar-refractivity contribution in [1.82, 2.24) is 9.99 Å². The molecule has 2 aromatic carbocycles. The van der Waals surface area contributed by atoms with Crippen LogP contribution in [0.5, 0.6) is 5.75 Å². The average Bonchev–Trinajstić information content (AvgIpc) is 3.18. The van der Waals surface area contributed by atoms with Gasteiger partial charge in [0.2, 0.25) is 0 Å². The fourth-order valence-electron chi connectivity index (χ4n) is 5.12. The molecule has 1 aliphatic heterocycles. The number of anilines is 1. The van der Waals surface area contributed by atoms with E-state index in [1.807, 2.05) is 18.2 Å². The van der Waals surface area contributed by atoms with Crippen LogP contribution in [0.2, 0.25) is 0 Å². The molecule has 0 aliphatic carbocycles. The lowest BCUT2D eigenvalue weighted by molar-refractivity contribution is 0.0955. The second-order valence-corrected chi connectivity index (χ2v) is 9.94. The number of rotatable bonds is 7. The summed E-state index contributed by atoms with van der Waals surface area (Å²) in [6.07, 6.45) is 5.01. The summed E-state index contributed by atoms with van der Waals surface area (Å²) in [5.74, 6) is 0.457. The van der Waals surface area contributed by atoms with E-state index in [1.165, 1.54) is 5.57 Å². The predicted octanol–water partition coefficient (Wildman–Crippen LogP) is 6.28. The molecule has 6 nitrogen and oxygen atoms in total. The van der Waals surface area contributed by atoms with Gasteiger partial charge in [-0.15, -0.1) is 0 Å². The molecule has 2 heterocycles. The highest BCUT2D eigenvalue weighted by Gasteiger charge is 2.31. The summed E-state index contributed by atoms with van der Waals surface area (Å²) < 4.78 is 7.83. The molecule has 1 aromatic heterocycles. The molecule has 0 bridgehead atoms. The third-order valence-corrected chi connectivity index (χ3v) is 6.78. The molecule has 0 spiro atoms. The van der Waals surface area contributed by atoms with Crippen molar-refractivity contribution in [3.63, 3.8) is 0 Å². The highest BCUT2D eigenvalue weighted by Crippen LogP contribution is 2.41. The van der Waals surface area contributed by atoms with Crippen molar-refractivity contribution in [1.29, 1.82) is 0 Å². The smallest absolute Gasteiger partial charge is 0.271 e. The Bertz CT molecular complexity index is 1330. The lowest BCUT2D eigenvalue weighted by Gasteiger charge is -2.43. The number of aryl methyl sites for hydroxylation is 2. The van der Waals surface area contributed by atoms with Gasteiger partial charge in [0.15, 0.2) is 0 Å². The predicted molar refractivity (Wildman–Crippen MR) is 149 cm³/mol. The van der Waals surface area contributed by atoms with Crippen LogP contribution in [-0.2, 0) is 0 Å². The molecule has 0 fully saturated rings. The first-order valence-electron chi connectivity index (χ1n) is 12.4. The maximum atomic E-state index is 12.9. The van der Waals surface area contributed by atoms with Crippen molar-refractivity contribution in [2.24, 2.45) is 5.10 Å². The summed E-state index contributed by atoms with van der Waals surface area (Å²) in [6.45, 7) is 13.9. The number of allylic oxidation sites excluding steroid dienone is 1. The summed E-state index contributed by atoms with van der Waals surface area (Å²) in [7, 11) is 1.66. The van der Waals surface area contributed by atoms with E-state index in [1.54, 1.807) is 19.4 Å². The number of methoxy groups -OCH3 is 1. The molecule has 0 unspecified atom stereocenters. The number of hydrazone groups is 1. The molecule has 0 saturated carbocycles. The second kappa shape index (κ2) is 10.1. The molecule has 1 amide bonds. The fraction of sp³-hybridized carbons (Fsp3) is 0.333. The Kier molecular flexibility index (Phi) is 7.07. The van der Waals surface area contributed by atoms with Crippen molar-refractivity contribution in [3.05, 3.63) is 82.7 Å². The number of nitrogens with one attached hydrogen (secondary N) is 1. The number of carbonyl (C=O) groups excluding carboxylic acids is 1. The molecule has 36 heavy (non-hydrogen) atoms. The Labute approximate surface area is 214 Å². The molecule has 0 atom stereocenters. The number of aromatic nitrogens is 1. The highest BCUT2D eigenvalue weighted by molar-refractivity contribution is 5.96. The highest BCUT2D eigenvalue weighted by atomic mass is 16.5. The number of ether oxygens (including phenoxy) is 1. The fourth-order valence-corrected chi connectivity index (χ4v) is 5.12. The zero-order valence-electron chi connectivity index (χ0n) is 22.3. The number of hydrogen-bond donors (Lipinski definition) is 1. The summed E-state index contributed by atoms with van der Waals surface area (Å²) >= 11 is 0. The van der Waals surface area contributed by atoms with E-state index in [4.69, 9.17) is 4.74 Å². The maximum absolute atomic E-state index is 12.9. The Morgan fingerprint density at radius 2 is 1.81 bits per heavy atom. The minimum Gasteiger partial charge on any atom is -0.496 e. The van der Waals surface area contributed by atoms with Gasteiger partial charge in [-0.1, -0.05) is 19.1 Å².